The third kappa shape index (κ3) is 3.49. The van der Waals surface area contributed by atoms with Crippen LogP contribution in [0.4, 0.5) is 5.69 Å². The highest BCUT2D eigenvalue weighted by molar-refractivity contribution is 6.31. The van der Waals surface area contributed by atoms with Crippen molar-refractivity contribution in [1.82, 2.24) is 10.2 Å². The molecule has 0 bridgehead atoms. The molecule has 24 heavy (non-hydrogen) atoms. The van der Waals surface area contributed by atoms with Crippen molar-refractivity contribution in [2.45, 2.75) is 38.8 Å². The van der Waals surface area contributed by atoms with Crippen molar-refractivity contribution in [1.29, 1.82) is 0 Å². The fraction of sp³-hybridized carbons (Fsp3) is 0.529. The van der Waals surface area contributed by atoms with Crippen LogP contribution in [0.1, 0.15) is 37.0 Å². The van der Waals surface area contributed by atoms with Crippen LogP contribution in [0, 0.1) is 0 Å². The van der Waals surface area contributed by atoms with Gasteiger partial charge in [0.05, 0.1) is 11.3 Å². The van der Waals surface area contributed by atoms with Gasteiger partial charge in [0.2, 0.25) is 0 Å². The van der Waals surface area contributed by atoms with Crippen LogP contribution in [0.2, 0.25) is 5.02 Å². The average Bonchev–Trinajstić information content (AvgIpc) is 3.00. The van der Waals surface area contributed by atoms with Gasteiger partial charge in [-0.15, -0.1) is 0 Å². The number of hydrogen-bond donors (Lipinski definition) is 2. The van der Waals surface area contributed by atoms with Gasteiger partial charge in [-0.2, -0.15) is 0 Å². The van der Waals surface area contributed by atoms with Gasteiger partial charge < -0.3 is 15.4 Å². The SMILES string of the molecule is CC(C)N1CCCC1CNC(=O)c1cc(Cl)cc2c1OCC(=O)N2. The number of halogens is 1. The van der Waals surface area contributed by atoms with Crippen LogP contribution in [0.15, 0.2) is 12.1 Å². The molecule has 3 rings (SSSR count). The largest absolute Gasteiger partial charge is 0.481 e. The van der Waals surface area contributed by atoms with E-state index in [4.69, 9.17) is 16.3 Å². The Kier molecular flexibility index (Phi) is 4.96. The Labute approximate surface area is 146 Å². The number of ether oxygens (including phenoxy) is 1. The van der Waals surface area contributed by atoms with Gasteiger partial charge in [-0.3, -0.25) is 14.5 Å². The Hall–Kier alpha value is -1.79. The molecule has 0 radical (unpaired) electrons. The molecule has 1 aromatic rings. The summed E-state index contributed by atoms with van der Waals surface area (Å²) in [4.78, 5) is 26.4. The van der Waals surface area contributed by atoms with Crippen molar-refractivity contribution in [3.63, 3.8) is 0 Å². The number of amides is 2. The Balaban J connectivity index is 1.73. The van der Waals surface area contributed by atoms with E-state index < -0.39 is 0 Å². The maximum absolute atomic E-state index is 12.6. The molecule has 0 spiro atoms. The minimum absolute atomic E-state index is 0.0985. The van der Waals surface area contributed by atoms with Crippen LogP contribution in [0.25, 0.3) is 0 Å². The summed E-state index contributed by atoms with van der Waals surface area (Å²) < 4.78 is 5.43. The van der Waals surface area contributed by atoms with Crippen LogP contribution < -0.4 is 15.4 Å². The van der Waals surface area contributed by atoms with Crippen molar-refractivity contribution in [3.8, 4) is 5.75 Å². The molecule has 1 atom stereocenters. The normalized spacial score (nSPS) is 20.5. The molecule has 2 aliphatic rings. The lowest BCUT2D eigenvalue weighted by Crippen LogP contribution is -2.43. The lowest BCUT2D eigenvalue weighted by molar-refractivity contribution is -0.118. The molecule has 1 unspecified atom stereocenters. The molecule has 130 valence electrons. The van der Waals surface area contributed by atoms with E-state index in [1.807, 2.05) is 0 Å². The van der Waals surface area contributed by atoms with E-state index in [9.17, 15) is 9.59 Å². The first-order valence-corrected chi connectivity index (χ1v) is 8.63. The molecule has 6 nitrogen and oxygen atoms in total. The number of anilines is 1. The van der Waals surface area contributed by atoms with E-state index in [0.29, 0.717) is 40.7 Å². The van der Waals surface area contributed by atoms with Crippen LogP contribution in [-0.4, -0.2) is 48.5 Å². The molecular formula is C17H22ClN3O3. The van der Waals surface area contributed by atoms with Crippen molar-refractivity contribution in [2.75, 3.05) is 25.0 Å². The Morgan fingerprint density at radius 1 is 1.50 bits per heavy atom. The predicted octanol–water partition coefficient (Wildman–Crippen LogP) is 2.27. The molecule has 0 aromatic heterocycles. The smallest absolute Gasteiger partial charge is 0.262 e. The minimum atomic E-state index is -0.255. The summed E-state index contributed by atoms with van der Waals surface area (Å²) in [6.45, 7) is 5.90. The fourth-order valence-electron chi connectivity index (χ4n) is 3.40. The van der Waals surface area contributed by atoms with Gasteiger partial charge in [-0.05, 0) is 45.4 Å². The van der Waals surface area contributed by atoms with Gasteiger partial charge in [0.1, 0.15) is 0 Å². The monoisotopic (exact) mass is 351 g/mol. The Morgan fingerprint density at radius 3 is 3.04 bits per heavy atom. The maximum Gasteiger partial charge on any atom is 0.262 e. The second-order valence-electron chi connectivity index (χ2n) is 6.50. The summed E-state index contributed by atoms with van der Waals surface area (Å²) in [7, 11) is 0. The highest BCUT2D eigenvalue weighted by Crippen LogP contribution is 2.35. The summed E-state index contributed by atoms with van der Waals surface area (Å²) in [6.07, 6.45) is 2.24. The molecule has 1 fully saturated rings. The first kappa shape index (κ1) is 17.0. The molecule has 2 amide bonds. The molecular weight excluding hydrogens is 330 g/mol. The van der Waals surface area contributed by atoms with Crippen LogP contribution in [0.5, 0.6) is 5.75 Å². The first-order chi connectivity index (χ1) is 11.5. The van der Waals surface area contributed by atoms with Crippen molar-refractivity contribution in [2.24, 2.45) is 0 Å². The zero-order valence-corrected chi connectivity index (χ0v) is 14.7. The van der Waals surface area contributed by atoms with Crippen molar-refractivity contribution >= 4 is 29.1 Å². The van der Waals surface area contributed by atoms with Gasteiger partial charge in [0.15, 0.2) is 12.4 Å². The molecule has 0 saturated carbocycles. The van der Waals surface area contributed by atoms with Gasteiger partial charge >= 0.3 is 0 Å². The topological polar surface area (TPSA) is 70.7 Å². The molecule has 1 saturated heterocycles. The number of rotatable bonds is 4. The lowest BCUT2D eigenvalue weighted by Gasteiger charge is -2.28. The quantitative estimate of drug-likeness (QED) is 0.873. The van der Waals surface area contributed by atoms with Crippen LogP contribution in [-0.2, 0) is 4.79 Å². The zero-order valence-electron chi connectivity index (χ0n) is 13.9. The summed E-state index contributed by atoms with van der Waals surface area (Å²) in [5.74, 6) is -0.112. The van der Waals surface area contributed by atoms with Crippen LogP contribution >= 0.6 is 11.6 Å². The Bertz CT molecular complexity index is 663. The third-order valence-electron chi connectivity index (χ3n) is 4.50. The maximum atomic E-state index is 12.6. The lowest BCUT2D eigenvalue weighted by atomic mass is 10.1. The van der Waals surface area contributed by atoms with Crippen LogP contribution in [0.3, 0.4) is 0 Å². The number of nitrogens with zero attached hydrogens (tertiary/aromatic N) is 1. The Morgan fingerprint density at radius 2 is 2.29 bits per heavy atom. The fourth-order valence-corrected chi connectivity index (χ4v) is 3.62. The van der Waals surface area contributed by atoms with E-state index in [1.165, 1.54) is 0 Å². The number of fused-ring (bicyclic) bond motifs is 1. The number of benzene rings is 1. The molecule has 2 aliphatic heterocycles. The first-order valence-electron chi connectivity index (χ1n) is 8.26. The van der Waals surface area contributed by atoms with Crippen molar-refractivity contribution < 1.29 is 14.3 Å². The standard InChI is InChI=1S/C17H22ClN3O3/c1-10(2)21-5-3-4-12(21)8-19-17(23)13-6-11(18)7-14-16(13)24-9-15(22)20-14/h6-7,10,12H,3-5,8-9H2,1-2H3,(H,19,23)(H,20,22). The highest BCUT2D eigenvalue weighted by atomic mass is 35.5. The zero-order chi connectivity index (χ0) is 17.3. The van der Waals surface area contributed by atoms with E-state index in [1.54, 1.807) is 12.1 Å². The average molecular weight is 352 g/mol. The number of likely N-dealkylation sites (tertiary alicyclic amines) is 1. The predicted molar refractivity (Wildman–Crippen MR) is 92.8 cm³/mol. The minimum Gasteiger partial charge on any atom is -0.481 e. The van der Waals surface area contributed by atoms with E-state index in [-0.39, 0.29) is 18.4 Å². The van der Waals surface area contributed by atoms with E-state index in [0.717, 1.165) is 19.4 Å². The highest BCUT2D eigenvalue weighted by Gasteiger charge is 2.28. The number of nitrogens with one attached hydrogen (secondary N) is 2. The number of carbonyl (C=O) groups excluding carboxylic acids is 2. The number of hydrogen-bond acceptors (Lipinski definition) is 4. The van der Waals surface area contributed by atoms with Gasteiger partial charge in [-0.1, -0.05) is 11.6 Å². The van der Waals surface area contributed by atoms with Gasteiger partial charge in [0, 0.05) is 23.7 Å². The second-order valence-corrected chi connectivity index (χ2v) is 6.94. The van der Waals surface area contributed by atoms with E-state index >= 15 is 0 Å². The van der Waals surface area contributed by atoms with E-state index in [2.05, 4.69) is 29.4 Å². The van der Waals surface area contributed by atoms with Gasteiger partial charge in [0.25, 0.3) is 11.8 Å². The molecule has 0 aliphatic carbocycles. The molecule has 2 heterocycles. The number of carbonyl (C=O) groups is 2. The summed E-state index contributed by atoms with van der Waals surface area (Å²) in [6, 6.07) is 3.97. The van der Waals surface area contributed by atoms with Crippen molar-refractivity contribution in [3.05, 3.63) is 22.7 Å². The summed E-state index contributed by atoms with van der Waals surface area (Å²) in [5, 5.41) is 6.04. The van der Waals surface area contributed by atoms with Gasteiger partial charge in [-0.25, -0.2) is 0 Å². The summed E-state index contributed by atoms with van der Waals surface area (Å²) in [5.41, 5.74) is 0.792. The molecule has 7 heteroatoms. The third-order valence-corrected chi connectivity index (χ3v) is 4.72. The second kappa shape index (κ2) is 6.99. The molecule has 2 N–H and O–H groups in total. The molecule has 1 aromatic carbocycles. The summed E-state index contributed by atoms with van der Waals surface area (Å²) >= 11 is 6.07.